The van der Waals surface area contributed by atoms with E-state index in [9.17, 15) is 19.5 Å². The SMILES string of the molecule is CC(C)(C)OC(=O)NCC(ON=C(C(=O)O)c1csc(NC=O)n1)C1CC1. The van der Waals surface area contributed by atoms with E-state index in [1.807, 2.05) is 0 Å². The predicted octanol–water partition coefficient (Wildman–Crippen LogP) is 1.82. The lowest BCUT2D eigenvalue weighted by molar-refractivity contribution is -0.129. The number of rotatable bonds is 9. The standard InChI is InChI=1S/C16H22N4O6S/c1-16(2,3)25-15(24)17-6-11(9-4-5-9)26-20-12(13(22)23)10-7-27-14(19-10)18-8-21/h7-9,11H,4-6H2,1-3H3,(H,17,24)(H,22,23)(H,18,19,21). The molecular formula is C16H22N4O6S. The number of alkyl carbamates (subject to hydrolysis) is 1. The summed E-state index contributed by atoms with van der Waals surface area (Å²) in [5.41, 5.74) is -0.924. The zero-order valence-corrected chi connectivity index (χ0v) is 16.0. The highest BCUT2D eigenvalue weighted by Crippen LogP contribution is 2.34. The lowest BCUT2D eigenvalue weighted by atomic mass is 10.2. The van der Waals surface area contributed by atoms with Crippen LogP contribution in [0.3, 0.4) is 0 Å². The molecule has 1 fully saturated rings. The number of nitrogens with one attached hydrogen (secondary N) is 2. The molecule has 3 N–H and O–H groups in total. The number of carboxylic acid groups (broad SMARTS) is 1. The number of aromatic nitrogens is 1. The first-order valence-corrected chi connectivity index (χ1v) is 9.17. The van der Waals surface area contributed by atoms with Crippen molar-refractivity contribution in [3.63, 3.8) is 0 Å². The molecule has 1 unspecified atom stereocenters. The van der Waals surface area contributed by atoms with Crippen LogP contribution in [-0.4, -0.2) is 52.5 Å². The number of nitrogens with zero attached hydrogens (tertiary/aromatic N) is 2. The molecule has 1 atom stereocenters. The average Bonchev–Trinajstić information content (AvgIpc) is 3.29. The van der Waals surface area contributed by atoms with Gasteiger partial charge in [-0.3, -0.25) is 4.79 Å². The van der Waals surface area contributed by atoms with Gasteiger partial charge in [-0.25, -0.2) is 14.6 Å². The van der Waals surface area contributed by atoms with Crippen molar-refractivity contribution in [2.24, 2.45) is 11.1 Å². The van der Waals surface area contributed by atoms with Crippen molar-refractivity contribution in [2.45, 2.75) is 45.3 Å². The molecule has 0 bridgehead atoms. The summed E-state index contributed by atoms with van der Waals surface area (Å²) in [7, 11) is 0. The Balaban J connectivity index is 2.01. The van der Waals surface area contributed by atoms with Crippen LogP contribution in [-0.2, 0) is 19.2 Å². The molecule has 10 nitrogen and oxygen atoms in total. The number of hydrogen-bond donors (Lipinski definition) is 3. The maximum Gasteiger partial charge on any atom is 0.407 e. The van der Waals surface area contributed by atoms with Gasteiger partial charge >= 0.3 is 12.1 Å². The minimum Gasteiger partial charge on any atom is -0.476 e. The number of carboxylic acids is 1. The van der Waals surface area contributed by atoms with Gasteiger partial charge in [0, 0.05) is 11.3 Å². The van der Waals surface area contributed by atoms with Gasteiger partial charge in [-0.05, 0) is 33.6 Å². The molecule has 0 spiro atoms. The summed E-state index contributed by atoms with van der Waals surface area (Å²) in [6.07, 6.45) is 1.20. The molecule has 0 aromatic carbocycles. The molecule has 2 rings (SSSR count). The van der Waals surface area contributed by atoms with Crippen molar-refractivity contribution in [1.82, 2.24) is 10.3 Å². The van der Waals surface area contributed by atoms with Crippen molar-refractivity contribution in [2.75, 3.05) is 11.9 Å². The van der Waals surface area contributed by atoms with E-state index in [-0.39, 0.29) is 29.0 Å². The molecule has 1 aliphatic rings. The Labute approximate surface area is 159 Å². The average molecular weight is 398 g/mol. The van der Waals surface area contributed by atoms with Crippen molar-refractivity contribution in [3.05, 3.63) is 11.1 Å². The van der Waals surface area contributed by atoms with Gasteiger partial charge in [-0.1, -0.05) is 5.16 Å². The molecule has 1 heterocycles. The summed E-state index contributed by atoms with van der Waals surface area (Å²) in [5, 5.41) is 19.7. The first-order valence-electron chi connectivity index (χ1n) is 8.29. The highest BCUT2D eigenvalue weighted by molar-refractivity contribution is 7.14. The molecule has 2 amide bonds. The van der Waals surface area contributed by atoms with Crippen LogP contribution in [0.5, 0.6) is 0 Å². The number of aliphatic carboxylic acids is 1. The summed E-state index contributed by atoms with van der Waals surface area (Å²) in [5.74, 6) is -1.13. The number of oxime groups is 1. The Morgan fingerprint density at radius 1 is 1.48 bits per heavy atom. The van der Waals surface area contributed by atoms with Crippen LogP contribution in [0, 0.1) is 5.92 Å². The number of carbonyl (C=O) groups excluding carboxylic acids is 2. The zero-order valence-electron chi connectivity index (χ0n) is 15.2. The molecule has 1 aromatic rings. The third-order valence-electron chi connectivity index (χ3n) is 3.41. The number of anilines is 1. The zero-order chi connectivity index (χ0) is 20.0. The van der Waals surface area contributed by atoms with E-state index in [0.29, 0.717) is 6.41 Å². The number of carbonyl (C=O) groups is 3. The van der Waals surface area contributed by atoms with E-state index in [2.05, 4.69) is 20.8 Å². The molecule has 0 saturated heterocycles. The predicted molar refractivity (Wildman–Crippen MR) is 97.8 cm³/mol. The smallest absolute Gasteiger partial charge is 0.407 e. The molecule has 1 saturated carbocycles. The highest BCUT2D eigenvalue weighted by atomic mass is 32.1. The summed E-state index contributed by atoms with van der Waals surface area (Å²) in [6, 6.07) is 0. The van der Waals surface area contributed by atoms with Gasteiger partial charge in [0.25, 0.3) is 0 Å². The Kier molecular flexibility index (Phi) is 6.72. The highest BCUT2D eigenvalue weighted by Gasteiger charge is 2.34. The quantitative estimate of drug-likeness (QED) is 0.327. The van der Waals surface area contributed by atoms with Crippen LogP contribution >= 0.6 is 11.3 Å². The molecule has 27 heavy (non-hydrogen) atoms. The molecule has 0 radical (unpaired) electrons. The van der Waals surface area contributed by atoms with E-state index >= 15 is 0 Å². The largest absolute Gasteiger partial charge is 0.476 e. The Morgan fingerprint density at radius 3 is 2.74 bits per heavy atom. The molecule has 0 aliphatic heterocycles. The normalized spacial score (nSPS) is 15.6. The fourth-order valence-corrected chi connectivity index (χ4v) is 2.73. The summed E-state index contributed by atoms with van der Waals surface area (Å²) >= 11 is 1.07. The van der Waals surface area contributed by atoms with Crippen molar-refractivity contribution in [3.8, 4) is 0 Å². The van der Waals surface area contributed by atoms with Crippen molar-refractivity contribution in [1.29, 1.82) is 0 Å². The second kappa shape index (κ2) is 8.80. The van der Waals surface area contributed by atoms with Crippen LogP contribution in [0.15, 0.2) is 10.5 Å². The van der Waals surface area contributed by atoms with Crippen LogP contribution in [0.4, 0.5) is 9.93 Å². The first-order chi connectivity index (χ1) is 12.7. The van der Waals surface area contributed by atoms with E-state index in [1.165, 1.54) is 5.38 Å². The topological polar surface area (TPSA) is 139 Å². The van der Waals surface area contributed by atoms with E-state index in [0.717, 1.165) is 24.2 Å². The van der Waals surface area contributed by atoms with Crippen LogP contribution in [0.1, 0.15) is 39.3 Å². The second-order valence-electron chi connectivity index (χ2n) is 6.91. The Morgan fingerprint density at radius 2 is 2.19 bits per heavy atom. The third-order valence-corrected chi connectivity index (χ3v) is 4.18. The second-order valence-corrected chi connectivity index (χ2v) is 7.77. The minimum atomic E-state index is -1.31. The molecule has 148 valence electrons. The molecule has 11 heteroatoms. The fraction of sp³-hybridized carbons (Fsp3) is 0.562. The number of thiazole rings is 1. The fourth-order valence-electron chi connectivity index (χ4n) is 2.07. The number of amides is 2. The van der Waals surface area contributed by atoms with Gasteiger partial charge in [0.2, 0.25) is 12.1 Å². The monoisotopic (exact) mass is 398 g/mol. The lowest BCUT2D eigenvalue weighted by Gasteiger charge is -2.21. The third kappa shape index (κ3) is 6.85. The molecular weight excluding hydrogens is 376 g/mol. The van der Waals surface area contributed by atoms with Gasteiger partial charge in [-0.15, -0.1) is 11.3 Å². The van der Waals surface area contributed by atoms with Gasteiger partial charge < -0.3 is 25.3 Å². The van der Waals surface area contributed by atoms with Crippen molar-refractivity contribution < 1.29 is 29.1 Å². The molecule has 1 aliphatic carbocycles. The minimum absolute atomic E-state index is 0.0755. The summed E-state index contributed by atoms with van der Waals surface area (Å²) in [4.78, 5) is 43.0. The van der Waals surface area contributed by atoms with Crippen LogP contribution < -0.4 is 10.6 Å². The van der Waals surface area contributed by atoms with E-state index in [1.54, 1.807) is 20.8 Å². The maximum absolute atomic E-state index is 11.8. The van der Waals surface area contributed by atoms with Crippen molar-refractivity contribution >= 4 is 40.7 Å². The summed E-state index contributed by atoms with van der Waals surface area (Å²) in [6.45, 7) is 5.41. The van der Waals surface area contributed by atoms with Crippen LogP contribution in [0.25, 0.3) is 0 Å². The summed E-state index contributed by atoms with van der Waals surface area (Å²) < 4.78 is 5.17. The van der Waals surface area contributed by atoms with Gasteiger partial charge in [0.05, 0.1) is 6.54 Å². The maximum atomic E-state index is 11.8. The van der Waals surface area contributed by atoms with E-state index in [4.69, 9.17) is 9.57 Å². The van der Waals surface area contributed by atoms with Crippen LogP contribution in [0.2, 0.25) is 0 Å². The number of ether oxygens (including phenoxy) is 1. The lowest BCUT2D eigenvalue weighted by Crippen LogP contribution is -2.38. The van der Waals surface area contributed by atoms with Gasteiger partial charge in [-0.2, -0.15) is 0 Å². The molecule has 1 aromatic heterocycles. The first kappa shape index (κ1) is 20.6. The van der Waals surface area contributed by atoms with Gasteiger partial charge in [0.1, 0.15) is 17.4 Å². The Bertz CT molecular complexity index is 723. The van der Waals surface area contributed by atoms with Gasteiger partial charge in [0.15, 0.2) is 5.13 Å². The number of hydrogen-bond acceptors (Lipinski definition) is 8. The Hall–Kier alpha value is -2.69. The van der Waals surface area contributed by atoms with E-state index < -0.39 is 23.8 Å².